The number of hydrazone groups is 1. The van der Waals surface area contributed by atoms with E-state index in [0.717, 1.165) is 37.7 Å². The second-order valence-corrected chi connectivity index (χ2v) is 7.27. The standard InChI is InChI=1S/C19H23F3N2O2/c1-13-7-5-6-10-15(13)16-12-18(26,19(20,21)22)24(23-16)17(25)11-14-8-3-2-4-9-14/h5-7,10,14,26H,2-4,8-9,11-12H2,1H3. The monoisotopic (exact) mass is 368 g/mol. The molecular formula is C19H23F3N2O2. The molecule has 0 aromatic heterocycles. The van der Waals surface area contributed by atoms with Gasteiger partial charge in [0.2, 0.25) is 5.91 Å². The number of halogens is 3. The van der Waals surface area contributed by atoms with E-state index in [2.05, 4.69) is 5.10 Å². The highest BCUT2D eigenvalue weighted by Crippen LogP contribution is 2.42. The van der Waals surface area contributed by atoms with E-state index in [0.29, 0.717) is 5.56 Å². The van der Waals surface area contributed by atoms with Crippen molar-refractivity contribution in [1.29, 1.82) is 0 Å². The Labute approximate surface area is 150 Å². The zero-order chi connectivity index (χ0) is 18.9. The summed E-state index contributed by atoms with van der Waals surface area (Å²) in [6.45, 7) is 1.76. The first kappa shape index (κ1) is 18.9. The molecule has 1 saturated carbocycles. The molecule has 1 fully saturated rings. The van der Waals surface area contributed by atoms with Crippen molar-refractivity contribution in [2.45, 2.75) is 63.8 Å². The Morgan fingerprint density at radius 1 is 1.27 bits per heavy atom. The highest BCUT2D eigenvalue weighted by atomic mass is 19.4. The van der Waals surface area contributed by atoms with Gasteiger partial charge >= 0.3 is 6.18 Å². The minimum atomic E-state index is -4.98. The van der Waals surface area contributed by atoms with Gasteiger partial charge in [0.05, 0.1) is 12.1 Å². The van der Waals surface area contributed by atoms with Gasteiger partial charge in [0, 0.05) is 12.0 Å². The van der Waals surface area contributed by atoms with E-state index in [1.165, 1.54) is 0 Å². The Kier molecular flexibility index (Phi) is 5.10. The molecule has 7 heteroatoms. The van der Waals surface area contributed by atoms with Crippen LogP contribution in [0.3, 0.4) is 0 Å². The number of aryl methyl sites for hydroxylation is 1. The van der Waals surface area contributed by atoms with E-state index in [9.17, 15) is 23.1 Å². The van der Waals surface area contributed by atoms with Crippen molar-refractivity contribution < 1.29 is 23.1 Å². The van der Waals surface area contributed by atoms with Gasteiger partial charge < -0.3 is 5.11 Å². The molecule has 142 valence electrons. The third-order valence-corrected chi connectivity index (χ3v) is 5.32. The van der Waals surface area contributed by atoms with Crippen molar-refractivity contribution in [2.24, 2.45) is 11.0 Å². The lowest BCUT2D eigenvalue weighted by Gasteiger charge is -2.33. The molecule has 3 rings (SSSR count). The number of benzene rings is 1. The molecule has 1 aromatic carbocycles. The summed E-state index contributed by atoms with van der Waals surface area (Å²) in [4.78, 5) is 12.6. The molecule has 1 atom stereocenters. The summed E-state index contributed by atoms with van der Waals surface area (Å²) in [6.07, 6.45) is -1.02. The lowest BCUT2D eigenvalue weighted by atomic mass is 9.86. The molecule has 0 bridgehead atoms. The van der Waals surface area contributed by atoms with E-state index in [1.54, 1.807) is 31.2 Å². The number of aliphatic hydroxyl groups is 1. The quantitative estimate of drug-likeness (QED) is 0.871. The molecule has 0 spiro atoms. The summed E-state index contributed by atoms with van der Waals surface area (Å²) in [5.41, 5.74) is -1.93. The van der Waals surface area contributed by atoms with E-state index in [-0.39, 0.29) is 23.1 Å². The van der Waals surface area contributed by atoms with Crippen LogP contribution in [0.15, 0.2) is 29.4 Å². The zero-order valence-corrected chi connectivity index (χ0v) is 14.7. The smallest absolute Gasteiger partial charge is 0.362 e. The second-order valence-electron chi connectivity index (χ2n) is 7.27. The minimum absolute atomic E-state index is 0.0110. The molecule has 1 heterocycles. The molecular weight excluding hydrogens is 345 g/mol. The van der Waals surface area contributed by atoms with Crippen LogP contribution >= 0.6 is 0 Å². The highest BCUT2D eigenvalue weighted by molar-refractivity contribution is 6.04. The SMILES string of the molecule is Cc1ccccc1C1=NN(C(=O)CC2CCCCC2)C(O)(C(F)(F)F)C1. The predicted octanol–water partition coefficient (Wildman–Crippen LogP) is 4.15. The summed E-state index contributed by atoms with van der Waals surface area (Å²) >= 11 is 0. The molecule has 1 N–H and O–H groups in total. The number of rotatable bonds is 3. The van der Waals surface area contributed by atoms with Gasteiger partial charge in [0.25, 0.3) is 5.72 Å². The molecule has 0 saturated heterocycles. The summed E-state index contributed by atoms with van der Waals surface area (Å²) in [5.74, 6) is -0.702. The van der Waals surface area contributed by atoms with Crippen LogP contribution in [0.25, 0.3) is 0 Å². The van der Waals surface area contributed by atoms with Crippen molar-refractivity contribution in [3.8, 4) is 0 Å². The van der Waals surface area contributed by atoms with Gasteiger partial charge in [-0.25, -0.2) is 0 Å². The number of carbonyl (C=O) groups excluding carboxylic acids is 1. The van der Waals surface area contributed by atoms with Crippen LogP contribution < -0.4 is 0 Å². The molecule has 2 aliphatic rings. The Hall–Kier alpha value is -1.89. The zero-order valence-electron chi connectivity index (χ0n) is 14.7. The first-order valence-electron chi connectivity index (χ1n) is 8.98. The lowest BCUT2D eigenvalue weighted by Crippen LogP contribution is -2.56. The Balaban J connectivity index is 1.89. The molecule has 1 aromatic rings. The van der Waals surface area contributed by atoms with Gasteiger partial charge in [-0.2, -0.15) is 23.3 Å². The molecule has 1 aliphatic carbocycles. The molecule has 1 unspecified atom stereocenters. The Bertz CT molecular complexity index is 711. The summed E-state index contributed by atoms with van der Waals surface area (Å²) in [7, 11) is 0. The van der Waals surface area contributed by atoms with Crippen LogP contribution in [-0.4, -0.2) is 33.6 Å². The summed E-state index contributed by atoms with van der Waals surface area (Å²) in [6, 6.07) is 6.89. The number of nitrogens with zero attached hydrogens (tertiary/aromatic N) is 2. The average molecular weight is 368 g/mol. The Morgan fingerprint density at radius 2 is 1.92 bits per heavy atom. The van der Waals surface area contributed by atoms with Gasteiger partial charge in [0.1, 0.15) is 0 Å². The first-order valence-corrected chi connectivity index (χ1v) is 8.98. The van der Waals surface area contributed by atoms with Crippen LogP contribution in [0.1, 0.15) is 56.1 Å². The highest BCUT2D eigenvalue weighted by Gasteiger charge is 2.63. The summed E-state index contributed by atoms with van der Waals surface area (Å²) < 4.78 is 40.8. The third kappa shape index (κ3) is 3.49. The first-order chi connectivity index (χ1) is 12.2. The number of alkyl halides is 3. The maximum absolute atomic E-state index is 13.6. The third-order valence-electron chi connectivity index (χ3n) is 5.32. The van der Waals surface area contributed by atoms with Crippen LogP contribution in [0, 0.1) is 12.8 Å². The fourth-order valence-electron chi connectivity index (χ4n) is 3.80. The number of hydrogen-bond donors (Lipinski definition) is 1. The van der Waals surface area contributed by atoms with Crippen LogP contribution in [0.2, 0.25) is 0 Å². The lowest BCUT2D eigenvalue weighted by molar-refractivity contribution is -0.302. The second kappa shape index (κ2) is 7.02. The molecule has 0 radical (unpaired) electrons. The molecule has 26 heavy (non-hydrogen) atoms. The van der Waals surface area contributed by atoms with Gasteiger partial charge in [-0.1, -0.05) is 43.5 Å². The average Bonchev–Trinajstić information content (AvgIpc) is 2.95. The van der Waals surface area contributed by atoms with E-state index in [1.807, 2.05) is 0 Å². The predicted molar refractivity (Wildman–Crippen MR) is 91.4 cm³/mol. The van der Waals surface area contributed by atoms with Gasteiger partial charge in [0.15, 0.2) is 0 Å². The van der Waals surface area contributed by atoms with Crippen LogP contribution in [0.5, 0.6) is 0 Å². The van der Waals surface area contributed by atoms with Crippen molar-refractivity contribution in [3.63, 3.8) is 0 Å². The fraction of sp³-hybridized carbons (Fsp3) is 0.579. The normalized spacial score (nSPS) is 24.7. The van der Waals surface area contributed by atoms with Gasteiger partial charge in [-0.3, -0.25) is 4.79 Å². The largest absolute Gasteiger partial charge is 0.438 e. The van der Waals surface area contributed by atoms with Crippen LogP contribution in [0.4, 0.5) is 13.2 Å². The van der Waals surface area contributed by atoms with E-state index >= 15 is 0 Å². The van der Waals surface area contributed by atoms with Crippen molar-refractivity contribution >= 4 is 11.6 Å². The fourth-order valence-corrected chi connectivity index (χ4v) is 3.80. The Morgan fingerprint density at radius 3 is 2.54 bits per heavy atom. The maximum atomic E-state index is 13.6. The minimum Gasteiger partial charge on any atom is -0.362 e. The van der Waals surface area contributed by atoms with Crippen molar-refractivity contribution in [1.82, 2.24) is 5.01 Å². The summed E-state index contributed by atoms with van der Waals surface area (Å²) in [5, 5.41) is 14.6. The van der Waals surface area contributed by atoms with Gasteiger partial charge in [-0.05, 0) is 31.2 Å². The van der Waals surface area contributed by atoms with E-state index in [4.69, 9.17) is 0 Å². The van der Waals surface area contributed by atoms with Crippen molar-refractivity contribution in [2.75, 3.05) is 0 Å². The van der Waals surface area contributed by atoms with Crippen LogP contribution in [-0.2, 0) is 4.79 Å². The van der Waals surface area contributed by atoms with E-state index < -0.39 is 24.2 Å². The number of amides is 1. The molecule has 1 aliphatic heterocycles. The molecule has 1 amide bonds. The topological polar surface area (TPSA) is 52.9 Å². The number of carbonyl (C=O) groups is 1. The van der Waals surface area contributed by atoms with Gasteiger partial charge in [-0.15, -0.1) is 0 Å². The molecule has 4 nitrogen and oxygen atoms in total. The maximum Gasteiger partial charge on any atom is 0.438 e. The van der Waals surface area contributed by atoms with Crippen molar-refractivity contribution in [3.05, 3.63) is 35.4 Å². The number of hydrogen-bond acceptors (Lipinski definition) is 3.